The van der Waals surface area contributed by atoms with E-state index in [1.54, 1.807) is 23.2 Å². The summed E-state index contributed by atoms with van der Waals surface area (Å²) in [7, 11) is 0. The van der Waals surface area contributed by atoms with Crippen molar-refractivity contribution in [2.45, 2.75) is 12.9 Å². The van der Waals surface area contributed by atoms with Gasteiger partial charge in [-0.2, -0.15) is 0 Å². The Morgan fingerprint density at radius 3 is 2.37 bits per heavy atom. The molecule has 0 N–H and O–H groups in total. The van der Waals surface area contributed by atoms with E-state index in [0.717, 1.165) is 16.3 Å². The van der Waals surface area contributed by atoms with Crippen LogP contribution < -0.4 is 4.74 Å². The van der Waals surface area contributed by atoms with Crippen LogP contribution in [0.5, 0.6) is 5.75 Å². The Balaban J connectivity index is 1.35. The summed E-state index contributed by atoms with van der Waals surface area (Å²) < 4.78 is 40.7. The van der Waals surface area contributed by atoms with E-state index in [0.29, 0.717) is 38.4 Å². The number of nitrogens with zero attached hydrogens (tertiary/aromatic N) is 3. The molecule has 1 aliphatic heterocycles. The Morgan fingerprint density at radius 1 is 0.967 bits per heavy atom. The van der Waals surface area contributed by atoms with Crippen LogP contribution in [-0.2, 0) is 6.54 Å². The summed E-state index contributed by atoms with van der Waals surface area (Å²) in [6.07, 6.45) is -3.04. The Hall–Kier alpha value is -3.13. The zero-order valence-electron chi connectivity index (χ0n) is 16.1. The summed E-state index contributed by atoms with van der Waals surface area (Å²) in [5.74, 6) is -0.315. The molecule has 156 valence electrons. The summed E-state index contributed by atoms with van der Waals surface area (Å²) >= 11 is 0. The molecule has 0 aliphatic carbocycles. The van der Waals surface area contributed by atoms with Crippen LogP contribution in [0.2, 0.25) is 0 Å². The molecule has 1 amide bonds. The number of hydrogen-bond donors (Lipinski definition) is 0. The number of pyridine rings is 1. The number of rotatable bonds is 4. The predicted octanol–water partition coefficient (Wildman–Crippen LogP) is 4.09. The molecule has 8 heteroatoms. The highest BCUT2D eigenvalue weighted by Gasteiger charge is 2.31. The number of alkyl halides is 3. The Kier molecular flexibility index (Phi) is 5.59. The highest BCUT2D eigenvalue weighted by atomic mass is 19.4. The molecule has 4 rings (SSSR count). The van der Waals surface area contributed by atoms with Gasteiger partial charge in [0, 0.05) is 44.3 Å². The van der Waals surface area contributed by atoms with Crippen LogP contribution in [0.15, 0.2) is 60.8 Å². The molecule has 1 aliphatic rings. The van der Waals surface area contributed by atoms with Crippen molar-refractivity contribution in [3.63, 3.8) is 0 Å². The van der Waals surface area contributed by atoms with E-state index in [2.05, 4.69) is 14.6 Å². The van der Waals surface area contributed by atoms with Gasteiger partial charge in [-0.05, 0) is 29.1 Å². The molecule has 0 bridgehead atoms. The molecule has 5 nitrogen and oxygen atoms in total. The second-order valence-corrected chi connectivity index (χ2v) is 7.14. The molecule has 0 spiro atoms. The van der Waals surface area contributed by atoms with Crippen molar-refractivity contribution in [2.75, 3.05) is 26.2 Å². The molecule has 0 saturated carbocycles. The van der Waals surface area contributed by atoms with Gasteiger partial charge in [-0.15, -0.1) is 13.2 Å². The predicted molar refractivity (Wildman–Crippen MR) is 106 cm³/mol. The summed E-state index contributed by atoms with van der Waals surface area (Å²) in [6.45, 7) is 3.09. The van der Waals surface area contributed by atoms with Gasteiger partial charge in [-0.3, -0.25) is 14.7 Å². The van der Waals surface area contributed by atoms with Gasteiger partial charge < -0.3 is 9.64 Å². The first-order valence-corrected chi connectivity index (χ1v) is 9.59. The van der Waals surface area contributed by atoms with Crippen LogP contribution in [0.1, 0.15) is 16.1 Å². The van der Waals surface area contributed by atoms with Gasteiger partial charge in [-0.1, -0.05) is 36.4 Å². The van der Waals surface area contributed by atoms with E-state index >= 15 is 0 Å². The molecular weight excluding hydrogens is 395 g/mol. The van der Waals surface area contributed by atoms with Crippen molar-refractivity contribution < 1.29 is 22.7 Å². The van der Waals surface area contributed by atoms with Crippen molar-refractivity contribution in [2.24, 2.45) is 0 Å². The van der Waals surface area contributed by atoms with Crippen LogP contribution in [0.25, 0.3) is 10.8 Å². The van der Waals surface area contributed by atoms with E-state index in [1.807, 2.05) is 30.3 Å². The second kappa shape index (κ2) is 8.31. The number of carbonyl (C=O) groups excluding carboxylic acids is 1. The number of halogens is 3. The lowest BCUT2D eigenvalue weighted by atomic mass is 10.1. The lowest BCUT2D eigenvalue weighted by Gasteiger charge is -2.34. The Morgan fingerprint density at radius 2 is 1.67 bits per heavy atom. The summed E-state index contributed by atoms with van der Waals surface area (Å²) in [6, 6.07) is 15.4. The monoisotopic (exact) mass is 415 g/mol. The highest BCUT2D eigenvalue weighted by Crippen LogP contribution is 2.23. The highest BCUT2D eigenvalue weighted by molar-refractivity contribution is 6.05. The summed E-state index contributed by atoms with van der Waals surface area (Å²) in [4.78, 5) is 21.2. The lowest BCUT2D eigenvalue weighted by molar-refractivity contribution is -0.274. The van der Waals surface area contributed by atoms with Gasteiger partial charge in [0.15, 0.2) is 0 Å². The van der Waals surface area contributed by atoms with Crippen molar-refractivity contribution in [1.29, 1.82) is 0 Å². The molecule has 1 saturated heterocycles. The van der Waals surface area contributed by atoms with Crippen molar-refractivity contribution >= 4 is 16.7 Å². The van der Waals surface area contributed by atoms with Gasteiger partial charge in [0.2, 0.25) is 0 Å². The van der Waals surface area contributed by atoms with Gasteiger partial charge in [0.25, 0.3) is 5.91 Å². The van der Waals surface area contributed by atoms with E-state index in [9.17, 15) is 18.0 Å². The number of piperazine rings is 1. The standard InChI is InChI=1S/C22H20F3N3O2/c23-22(24,25)30-18-7-5-16(6-8-18)15-27-11-13-28(14-12-27)21(29)20-19-4-2-1-3-17(19)9-10-26-20/h1-10H,11-15H2. The molecule has 0 unspecified atom stereocenters. The largest absolute Gasteiger partial charge is 0.573 e. The minimum absolute atomic E-state index is 0.0832. The fraction of sp³-hybridized carbons (Fsp3) is 0.273. The van der Waals surface area contributed by atoms with Crippen LogP contribution in [0, 0.1) is 0 Å². The van der Waals surface area contributed by atoms with E-state index in [1.165, 1.54) is 12.1 Å². The molecule has 0 atom stereocenters. The first-order valence-electron chi connectivity index (χ1n) is 9.59. The summed E-state index contributed by atoms with van der Waals surface area (Å²) in [5.41, 5.74) is 1.35. The molecule has 1 fully saturated rings. The second-order valence-electron chi connectivity index (χ2n) is 7.14. The van der Waals surface area contributed by atoms with Crippen molar-refractivity contribution in [3.05, 3.63) is 72.1 Å². The Labute approximate surface area is 171 Å². The molecule has 3 aromatic rings. The maximum Gasteiger partial charge on any atom is 0.573 e. The topological polar surface area (TPSA) is 45.7 Å². The van der Waals surface area contributed by atoms with Crippen molar-refractivity contribution in [1.82, 2.24) is 14.8 Å². The third kappa shape index (κ3) is 4.71. The fourth-order valence-corrected chi connectivity index (χ4v) is 3.60. The minimum Gasteiger partial charge on any atom is -0.406 e. The van der Waals surface area contributed by atoms with Gasteiger partial charge in [-0.25, -0.2) is 0 Å². The number of benzene rings is 2. The molecular formula is C22H20F3N3O2. The zero-order chi connectivity index (χ0) is 21.1. The molecule has 0 radical (unpaired) electrons. The first-order chi connectivity index (χ1) is 14.4. The molecule has 2 aromatic carbocycles. The molecule has 30 heavy (non-hydrogen) atoms. The van der Waals surface area contributed by atoms with Crippen LogP contribution >= 0.6 is 0 Å². The number of carbonyl (C=O) groups is 1. The third-order valence-electron chi connectivity index (χ3n) is 5.10. The number of ether oxygens (including phenoxy) is 1. The van der Waals surface area contributed by atoms with Crippen molar-refractivity contribution in [3.8, 4) is 5.75 Å². The van der Waals surface area contributed by atoms with Gasteiger partial charge in [0.1, 0.15) is 11.4 Å². The SMILES string of the molecule is O=C(c1nccc2ccccc12)N1CCN(Cc2ccc(OC(F)(F)F)cc2)CC1. The smallest absolute Gasteiger partial charge is 0.406 e. The average molecular weight is 415 g/mol. The van der Waals surface area contributed by atoms with E-state index in [-0.39, 0.29) is 11.7 Å². The normalized spacial score (nSPS) is 15.4. The number of fused-ring (bicyclic) bond motifs is 1. The van der Waals surface area contributed by atoms with Gasteiger partial charge >= 0.3 is 6.36 Å². The maximum absolute atomic E-state index is 13.0. The molecule has 2 heterocycles. The lowest BCUT2D eigenvalue weighted by Crippen LogP contribution is -2.48. The minimum atomic E-state index is -4.69. The van der Waals surface area contributed by atoms with E-state index in [4.69, 9.17) is 0 Å². The average Bonchev–Trinajstić information content (AvgIpc) is 2.74. The third-order valence-corrected chi connectivity index (χ3v) is 5.10. The van der Waals surface area contributed by atoms with E-state index < -0.39 is 6.36 Å². The molecule has 1 aromatic heterocycles. The van der Waals surface area contributed by atoms with Crippen LogP contribution in [0.4, 0.5) is 13.2 Å². The fourth-order valence-electron chi connectivity index (χ4n) is 3.60. The van der Waals surface area contributed by atoms with Gasteiger partial charge in [0.05, 0.1) is 0 Å². The number of hydrogen-bond acceptors (Lipinski definition) is 4. The summed E-state index contributed by atoms with van der Waals surface area (Å²) in [5, 5.41) is 1.82. The Bertz CT molecular complexity index is 1020. The van der Waals surface area contributed by atoms with Crippen LogP contribution in [-0.4, -0.2) is 53.2 Å². The maximum atomic E-state index is 13.0. The number of aromatic nitrogens is 1. The zero-order valence-corrected chi connectivity index (χ0v) is 16.1. The first kappa shape index (κ1) is 20.2. The quantitative estimate of drug-likeness (QED) is 0.644. The number of amides is 1. The van der Waals surface area contributed by atoms with Crippen LogP contribution in [0.3, 0.4) is 0 Å².